The van der Waals surface area contributed by atoms with E-state index < -0.39 is 0 Å². The molecule has 4 saturated carbocycles. The van der Waals surface area contributed by atoms with E-state index in [1.165, 1.54) is 122 Å². The molecule has 0 heterocycles. The second-order valence-corrected chi connectivity index (χ2v) is 11.9. The van der Waals surface area contributed by atoms with Crippen LogP contribution in [0.2, 0.25) is 0 Å². The SMILES string of the molecule is CCCCCC1CCC2(CC1)CC1(CCC(C3CCC(CCC)CC3)CC1)C2=O. The number of hydrogen-bond donors (Lipinski definition) is 0. The maximum absolute atomic E-state index is 13.5. The first-order chi connectivity index (χ1) is 14.1. The zero-order chi connectivity index (χ0) is 20.3. The molecule has 0 aromatic rings. The van der Waals surface area contributed by atoms with Gasteiger partial charge in [0.25, 0.3) is 0 Å². The third-order valence-electron chi connectivity index (χ3n) is 10.2. The standard InChI is InChI=1S/C28H48O/c1-3-5-6-8-23-13-17-27(18-14-23)21-28(26(27)29)19-15-25(16-20-28)24-11-9-22(7-4-2)10-12-24/h22-25H,3-21H2,1-2H3. The van der Waals surface area contributed by atoms with Crippen LogP contribution in [0.15, 0.2) is 0 Å². The Morgan fingerprint density at radius 1 is 0.655 bits per heavy atom. The number of carbonyl (C=O) groups is 1. The molecule has 4 rings (SSSR count). The number of ketones is 1. The molecular weight excluding hydrogens is 352 g/mol. The largest absolute Gasteiger partial charge is 0.298 e. The van der Waals surface area contributed by atoms with Gasteiger partial charge >= 0.3 is 0 Å². The van der Waals surface area contributed by atoms with Crippen molar-refractivity contribution < 1.29 is 4.79 Å². The Hall–Kier alpha value is -0.330. The molecule has 0 N–H and O–H groups in total. The van der Waals surface area contributed by atoms with Gasteiger partial charge in [-0.3, -0.25) is 4.79 Å². The lowest BCUT2D eigenvalue weighted by atomic mass is 9.42. The average Bonchev–Trinajstić information content (AvgIpc) is 2.76. The minimum Gasteiger partial charge on any atom is -0.298 e. The van der Waals surface area contributed by atoms with Crippen LogP contribution < -0.4 is 0 Å². The second kappa shape index (κ2) is 9.44. The molecular formula is C28H48O. The summed E-state index contributed by atoms with van der Waals surface area (Å²) in [5.74, 6) is 4.62. The van der Waals surface area contributed by atoms with Crippen LogP contribution in [-0.4, -0.2) is 5.78 Å². The Bertz CT molecular complexity index is 525. The topological polar surface area (TPSA) is 17.1 Å². The summed E-state index contributed by atoms with van der Waals surface area (Å²) in [6, 6.07) is 0. The van der Waals surface area contributed by atoms with E-state index in [1.807, 2.05) is 0 Å². The van der Waals surface area contributed by atoms with E-state index in [2.05, 4.69) is 13.8 Å². The van der Waals surface area contributed by atoms with Crippen molar-refractivity contribution in [3.63, 3.8) is 0 Å². The first-order valence-corrected chi connectivity index (χ1v) is 13.7. The molecule has 2 spiro atoms. The lowest BCUT2D eigenvalue weighted by Crippen LogP contribution is -2.59. The molecule has 0 saturated heterocycles. The molecule has 4 fully saturated rings. The van der Waals surface area contributed by atoms with Crippen molar-refractivity contribution in [2.24, 2.45) is 34.5 Å². The highest BCUT2D eigenvalue weighted by molar-refractivity contribution is 5.96. The van der Waals surface area contributed by atoms with Crippen molar-refractivity contribution in [3.8, 4) is 0 Å². The summed E-state index contributed by atoms with van der Waals surface area (Å²) in [4.78, 5) is 13.5. The van der Waals surface area contributed by atoms with E-state index in [9.17, 15) is 4.79 Å². The molecule has 4 aliphatic carbocycles. The summed E-state index contributed by atoms with van der Waals surface area (Å²) < 4.78 is 0. The van der Waals surface area contributed by atoms with Crippen LogP contribution in [0.3, 0.4) is 0 Å². The third-order valence-corrected chi connectivity index (χ3v) is 10.2. The van der Waals surface area contributed by atoms with Crippen LogP contribution in [-0.2, 0) is 4.79 Å². The van der Waals surface area contributed by atoms with Crippen molar-refractivity contribution in [1.29, 1.82) is 0 Å². The van der Waals surface area contributed by atoms with E-state index in [0.717, 1.165) is 29.5 Å². The summed E-state index contributed by atoms with van der Waals surface area (Å²) in [5.41, 5.74) is 0.289. The van der Waals surface area contributed by atoms with Crippen LogP contribution in [0.1, 0.15) is 136 Å². The molecule has 4 aliphatic rings. The molecule has 166 valence electrons. The van der Waals surface area contributed by atoms with Crippen molar-refractivity contribution in [2.75, 3.05) is 0 Å². The van der Waals surface area contributed by atoms with E-state index >= 15 is 0 Å². The molecule has 0 bridgehead atoms. The summed E-state index contributed by atoms with van der Waals surface area (Å²) in [7, 11) is 0. The summed E-state index contributed by atoms with van der Waals surface area (Å²) in [6.45, 7) is 4.64. The summed E-state index contributed by atoms with van der Waals surface area (Å²) in [5, 5.41) is 0. The van der Waals surface area contributed by atoms with Gasteiger partial charge in [-0.1, -0.05) is 65.2 Å². The van der Waals surface area contributed by atoms with Crippen molar-refractivity contribution in [3.05, 3.63) is 0 Å². The molecule has 0 atom stereocenters. The minimum absolute atomic E-state index is 0.144. The van der Waals surface area contributed by atoms with Crippen LogP contribution >= 0.6 is 0 Å². The van der Waals surface area contributed by atoms with Gasteiger partial charge in [-0.05, 0) is 94.3 Å². The first-order valence-electron chi connectivity index (χ1n) is 13.7. The minimum atomic E-state index is 0.144. The number of hydrogen-bond acceptors (Lipinski definition) is 1. The zero-order valence-electron chi connectivity index (χ0n) is 19.7. The normalized spacial score (nSPS) is 42.9. The van der Waals surface area contributed by atoms with Gasteiger partial charge in [-0.25, -0.2) is 0 Å². The lowest BCUT2D eigenvalue weighted by molar-refractivity contribution is -0.169. The molecule has 0 aromatic carbocycles. The quantitative estimate of drug-likeness (QED) is 0.391. The van der Waals surface area contributed by atoms with Gasteiger partial charge in [-0.15, -0.1) is 0 Å². The fourth-order valence-electron chi connectivity index (χ4n) is 8.29. The summed E-state index contributed by atoms with van der Waals surface area (Å²) in [6.07, 6.45) is 26.0. The van der Waals surface area contributed by atoms with Crippen molar-refractivity contribution in [1.82, 2.24) is 0 Å². The smallest absolute Gasteiger partial charge is 0.145 e. The Kier molecular flexibility index (Phi) is 7.12. The van der Waals surface area contributed by atoms with E-state index in [1.54, 1.807) is 0 Å². The van der Waals surface area contributed by atoms with Gasteiger partial charge in [-0.2, -0.15) is 0 Å². The van der Waals surface area contributed by atoms with Gasteiger partial charge in [0.15, 0.2) is 0 Å². The van der Waals surface area contributed by atoms with E-state index in [-0.39, 0.29) is 10.8 Å². The number of rotatable bonds is 7. The molecule has 1 heteroatoms. The van der Waals surface area contributed by atoms with E-state index in [4.69, 9.17) is 0 Å². The highest BCUT2D eigenvalue weighted by atomic mass is 16.1. The molecule has 29 heavy (non-hydrogen) atoms. The monoisotopic (exact) mass is 400 g/mol. The number of carbonyl (C=O) groups excluding carboxylic acids is 1. The van der Waals surface area contributed by atoms with Gasteiger partial charge in [0.05, 0.1) is 0 Å². The Morgan fingerprint density at radius 2 is 1.21 bits per heavy atom. The third kappa shape index (κ3) is 4.50. The van der Waals surface area contributed by atoms with Crippen molar-refractivity contribution in [2.45, 2.75) is 136 Å². The molecule has 0 radical (unpaired) electrons. The Labute approximate surface area is 181 Å². The molecule has 1 nitrogen and oxygen atoms in total. The number of Topliss-reactive ketones (excluding diaryl/α,β-unsaturated/α-hetero) is 1. The Balaban J connectivity index is 1.21. The van der Waals surface area contributed by atoms with Crippen LogP contribution in [0.25, 0.3) is 0 Å². The molecule has 0 aromatic heterocycles. The highest BCUT2D eigenvalue weighted by Crippen LogP contribution is 2.64. The maximum atomic E-state index is 13.5. The number of unbranched alkanes of at least 4 members (excludes halogenated alkanes) is 2. The molecule has 0 unspecified atom stereocenters. The molecule has 0 amide bonds. The fraction of sp³-hybridized carbons (Fsp3) is 0.964. The predicted molar refractivity (Wildman–Crippen MR) is 123 cm³/mol. The zero-order valence-corrected chi connectivity index (χ0v) is 19.7. The first kappa shape index (κ1) is 21.9. The van der Waals surface area contributed by atoms with Crippen LogP contribution in [0, 0.1) is 34.5 Å². The predicted octanol–water partition coefficient (Wildman–Crippen LogP) is 8.50. The maximum Gasteiger partial charge on any atom is 0.145 e. The van der Waals surface area contributed by atoms with Gasteiger partial charge in [0, 0.05) is 10.8 Å². The van der Waals surface area contributed by atoms with E-state index in [0.29, 0.717) is 0 Å². The molecule has 0 aliphatic heterocycles. The van der Waals surface area contributed by atoms with Crippen LogP contribution in [0.4, 0.5) is 0 Å². The Morgan fingerprint density at radius 3 is 1.76 bits per heavy atom. The van der Waals surface area contributed by atoms with Gasteiger partial charge in [0.2, 0.25) is 0 Å². The van der Waals surface area contributed by atoms with Gasteiger partial charge in [0.1, 0.15) is 5.78 Å². The van der Waals surface area contributed by atoms with Crippen molar-refractivity contribution >= 4 is 5.78 Å². The average molecular weight is 401 g/mol. The summed E-state index contributed by atoms with van der Waals surface area (Å²) >= 11 is 0. The second-order valence-electron chi connectivity index (χ2n) is 11.9. The van der Waals surface area contributed by atoms with Crippen LogP contribution in [0.5, 0.6) is 0 Å². The highest BCUT2D eigenvalue weighted by Gasteiger charge is 2.63. The van der Waals surface area contributed by atoms with Gasteiger partial charge < -0.3 is 0 Å². The fourth-order valence-corrected chi connectivity index (χ4v) is 8.29. The lowest BCUT2D eigenvalue weighted by Gasteiger charge is -2.59.